The second kappa shape index (κ2) is 9.85. The van der Waals surface area contributed by atoms with Crippen LogP contribution < -0.4 is 11.1 Å². The number of aryl methyl sites for hydroxylation is 2. The Morgan fingerprint density at radius 2 is 1.78 bits per heavy atom. The van der Waals surface area contributed by atoms with Gasteiger partial charge in [-0.05, 0) is 67.6 Å². The van der Waals surface area contributed by atoms with Crippen molar-refractivity contribution in [2.45, 2.75) is 52.6 Å². The van der Waals surface area contributed by atoms with E-state index in [0.29, 0.717) is 12.1 Å². The second-order valence-corrected chi connectivity index (χ2v) is 9.69. The number of carboxylic acids is 1. The van der Waals surface area contributed by atoms with Crippen LogP contribution in [-0.2, 0) is 17.8 Å². The Morgan fingerprint density at radius 3 is 2.42 bits per heavy atom. The molecule has 3 aromatic carbocycles. The summed E-state index contributed by atoms with van der Waals surface area (Å²) in [6.45, 7) is 8.30. The van der Waals surface area contributed by atoms with E-state index >= 15 is 0 Å². The average molecular weight is 485 g/mol. The molecule has 4 rings (SSSR count). The number of aromatic nitrogens is 2. The van der Waals surface area contributed by atoms with Crippen molar-refractivity contribution in [2.24, 2.45) is 5.73 Å². The molecule has 4 N–H and O–H groups in total. The maximum atomic E-state index is 11.9. The monoisotopic (exact) mass is 484 g/mol. The van der Waals surface area contributed by atoms with Crippen LogP contribution in [0.4, 0.5) is 5.69 Å². The molecular weight excluding hydrogens is 452 g/mol. The molecule has 186 valence electrons. The Morgan fingerprint density at radius 1 is 1.08 bits per heavy atom. The number of hydrogen-bond acceptors (Lipinski definition) is 4. The molecule has 0 unspecified atom stereocenters. The molecule has 0 bridgehead atoms. The number of amides is 1. The summed E-state index contributed by atoms with van der Waals surface area (Å²) < 4.78 is 2.22. The van der Waals surface area contributed by atoms with Crippen LogP contribution in [0.5, 0.6) is 0 Å². The molecule has 0 fully saturated rings. The molecule has 7 heteroatoms. The first kappa shape index (κ1) is 25.0. The number of anilines is 1. The van der Waals surface area contributed by atoms with Gasteiger partial charge >= 0.3 is 5.97 Å². The van der Waals surface area contributed by atoms with Gasteiger partial charge < -0.3 is 20.7 Å². The lowest BCUT2D eigenvalue weighted by molar-refractivity contribution is -0.121. The van der Waals surface area contributed by atoms with Gasteiger partial charge in [0.2, 0.25) is 5.91 Å². The molecule has 0 aliphatic carbocycles. The number of nitrogens with one attached hydrogen (secondary N) is 1. The van der Waals surface area contributed by atoms with Gasteiger partial charge in [0.15, 0.2) is 0 Å². The standard InChI is InChI=1S/C29H32N4O3/c1-5-8-25-31-26-18(2)15-21(32-29(3,4)28(30)36)16-24(26)33(25)17-19-11-13-20(14-12-19)22-9-6-7-10-23(22)27(34)35/h6-7,9-16,32H,5,8,17H2,1-4H3,(H2,30,36)(H,34,35). The third-order valence-corrected chi connectivity index (χ3v) is 6.43. The fraction of sp³-hybridized carbons (Fsp3) is 0.276. The van der Waals surface area contributed by atoms with E-state index < -0.39 is 17.4 Å². The second-order valence-electron chi connectivity index (χ2n) is 9.69. The molecule has 0 aliphatic heterocycles. The Kier molecular flexibility index (Phi) is 6.84. The third-order valence-electron chi connectivity index (χ3n) is 6.43. The summed E-state index contributed by atoms with van der Waals surface area (Å²) in [6.07, 6.45) is 1.81. The Labute approximate surface area is 211 Å². The van der Waals surface area contributed by atoms with Gasteiger partial charge in [-0.1, -0.05) is 49.4 Å². The van der Waals surface area contributed by atoms with Crippen molar-refractivity contribution >= 4 is 28.6 Å². The summed E-state index contributed by atoms with van der Waals surface area (Å²) in [4.78, 5) is 28.4. The number of imidazole rings is 1. The van der Waals surface area contributed by atoms with Crippen LogP contribution in [-0.4, -0.2) is 32.1 Å². The van der Waals surface area contributed by atoms with E-state index in [9.17, 15) is 14.7 Å². The zero-order valence-electron chi connectivity index (χ0n) is 21.1. The first-order valence-corrected chi connectivity index (χ1v) is 12.1. The predicted octanol–water partition coefficient (Wildman–Crippen LogP) is 5.39. The third kappa shape index (κ3) is 4.96. The van der Waals surface area contributed by atoms with Crippen LogP contribution in [0.25, 0.3) is 22.2 Å². The number of aromatic carboxylic acids is 1. The molecule has 0 spiro atoms. The van der Waals surface area contributed by atoms with Crippen molar-refractivity contribution < 1.29 is 14.7 Å². The highest BCUT2D eigenvalue weighted by Gasteiger charge is 2.25. The van der Waals surface area contributed by atoms with E-state index in [0.717, 1.165) is 52.1 Å². The Balaban J connectivity index is 1.72. The summed E-state index contributed by atoms with van der Waals surface area (Å²) >= 11 is 0. The highest BCUT2D eigenvalue weighted by Crippen LogP contribution is 2.29. The van der Waals surface area contributed by atoms with Crippen molar-refractivity contribution in [2.75, 3.05) is 5.32 Å². The number of carbonyl (C=O) groups excluding carboxylic acids is 1. The van der Waals surface area contributed by atoms with Gasteiger partial charge in [-0.15, -0.1) is 0 Å². The van der Waals surface area contributed by atoms with Crippen LogP contribution in [0.2, 0.25) is 0 Å². The van der Waals surface area contributed by atoms with Crippen molar-refractivity contribution in [3.63, 3.8) is 0 Å². The minimum absolute atomic E-state index is 0.283. The van der Waals surface area contributed by atoms with Crippen molar-refractivity contribution in [1.29, 1.82) is 0 Å². The number of hydrogen-bond donors (Lipinski definition) is 3. The largest absolute Gasteiger partial charge is 0.478 e. The lowest BCUT2D eigenvalue weighted by atomic mass is 9.98. The SMILES string of the molecule is CCCc1nc2c(C)cc(NC(C)(C)C(N)=O)cc2n1Cc1ccc(-c2ccccc2C(=O)O)cc1. The summed E-state index contributed by atoms with van der Waals surface area (Å²) in [5, 5.41) is 12.8. The van der Waals surface area contributed by atoms with Gasteiger partial charge in [0.25, 0.3) is 0 Å². The van der Waals surface area contributed by atoms with Crippen LogP contribution in [0.3, 0.4) is 0 Å². The topological polar surface area (TPSA) is 110 Å². The van der Waals surface area contributed by atoms with Gasteiger partial charge in [-0.2, -0.15) is 0 Å². The van der Waals surface area contributed by atoms with E-state index in [-0.39, 0.29) is 5.56 Å². The summed E-state index contributed by atoms with van der Waals surface area (Å²) in [5.41, 5.74) is 11.4. The summed E-state index contributed by atoms with van der Waals surface area (Å²) in [7, 11) is 0. The first-order chi connectivity index (χ1) is 17.1. The molecule has 7 nitrogen and oxygen atoms in total. The number of nitrogens with zero attached hydrogens (tertiary/aromatic N) is 2. The number of primary amides is 1. The maximum Gasteiger partial charge on any atom is 0.336 e. The fourth-order valence-electron chi connectivity index (χ4n) is 4.42. The molecule has 4 aromatic rings. The smallest absolute Gasteiger partial charge is 0.336 e. The minimum atomic E-state index is -0.942. The van der Waals surface area contributed by atoms with Crippen molar-refractivity contribution in [1.82, 2.24) is 9.55 Å². The van der Waals surface area contributed by atoms with Crippen LogP contribution in [0, 0.1) is 6.92 Å². The highest BCUT2D eigenvalue weighted by atomic mass is 16.4. The first-order valence-electron chi connectivity index (χ1n) is 12.1. The van der Waals surface area contributed by atoms with Crippen LogP contribution >= 0.6 is 0 Å². The summed E-state index contributed by atoms with van der Waals surface area (Å²) in [6, 6.07) is 19.0. The quantitative estimate of drug-likeness (QED) is 0.295. The zero-order valence-corrected chi connectivity index (χ0v) is 21.1. The van der Waals surface area contributed by atoms with E-state index in [4.69, 9.17) is 10.7 Å². The number of carboxylic acid groups (broad SMARTS) is 1. The van der Waals surface area contributed by atoms with Crippen LogP contribution in [0.15, 0.2) is 60.7 Å². The predicted molar refractivity (Wildman–Crippen MR) is 143 cm³/mol. The molecule has 36 heavy (non-hydrogen) atoms. The van der Waals surface area contributed by atoms with Gasteiger partial charge in [-0.25, -0.2) is 9.78 Å². The molecule has 0 saturated heterocycles. The molecular formula is C29H32N4O3. The highest BCUT2D eigenvalue weighted by molar-refractivity contribution is 5.96. The minimum Gasteiger partial charge on any atom is -0.478 e. The van der Waals surface area contributed by atoms with Gasteiger partial charge in [0, 0.05) is 18.7 Å². The summed E-state index contributed by atoms with van der Waals surface area (Å²) in [5.74, 6) is -0.365. The van der Waals surface area contributed by atoms with E-state index in [2.05, 4.69) is 16.8 Å². The Bertz CT molecular complexity index is 1440. The molecule has 0 radical (unpaired) electrons. The van der Waals surface area contributed by atoms with Gasteiger partial charge in [-0.3, -0.25) is 4.79 Å². The van der Waals surface area contributed by atoms with Gasteiger partial charge in [0.05, 0.1) is 16.6 Å². The van der Waals surface area contributed by atoms with E-state index in [1.165, 1.54) is 0 Å². The molecule has 1 aromatic heterocycles. The van der Waals surface area contributed by atoms with Crippen LogP contribution in [0.1, 0.15) is 54.5 Å². The molecule has 0 aliphatic rings. The molecule has 0 saturated carbocycles. The van der Waals surface area contributed by atoms with E-state index in [1.54, 1.807) is 26.0 Å². The number of carbonyl (C=O) groups is 2. The number of nitrogens with two attached hydrogens (primary N) is 1. The van der Waals surface area contributed by atoms with Crippen molar-refractivity contribution in [3.8, 4) is 11.1 Å². The number of fused-ring (bicyclic) bond motifs is 1. The lowest BCUT2D eigenvalue weighted by Gasteiger charge is -2.24. The van der Waals surface area contributed by atoms with Crippen molar-refractivity contribution in [3.05, 3.63) is 83.2 Å². The average Bonchev–Trinajstić information content (AvgIpc) is 3.17. The maximum absolute atomic E-state index is 11.9. The zero-order chi connectivity index (χ0) is 26.0. The molecule has 0 atom stereocenters. The molecule has 1 heterocycles. The lowest BCUT2D eigenvalue weighted by Crippen LogP contribution is -2.45. The number of rotatable bonds is 9. The van der Waals surface area contributed by atoms with Gasteiger partial charge in [0.1, 0.15) is 11.4 Å². The normalized spacial score (nSPS) is 11.6. The fourth-order valence-corrected chi connectivity index (χ4v) is 4.42. The molecule has 1 amide bonds. The van der Waals surface area contributed by atoms with E-state index in [1.807, 2.05) is 55.5 Å². The Hall–Kier alpha value is -4.13. The number of benzene rings is 3.